The number of rotatable bonds is 34. The number of carbonyl (C=O) groups is 1. The zero-order chi connectivity index (χ0) is 31.6. The fraction of sp³-hybridized carbons (Fsp3) is 0.781. The third-order valence-corrected chi connectivity index (χ3v) is 5.98. The molecule has 0 saturated carbocycles. The molecule has 12 heteroatoms. The lowest BCUT2D eigenvalue weighted by atomic mass is 10.1. The summed E-state index contributed by atoms with van der Waals surface area (Å²) in [4.78, 5) is 11.6. The summed E-state index contributed by atoms with van der Waals surface area (Å²) in [5.41, 5.74) is 6.43. The van der Waals surface area contributed by atoms with Gasteiger partial charge in [-0.15, -0.1) is 0 Å². The molecule has 1 aromatic rings. The molecule has 256 valence electrons. The Morgan fingerprint density at radius 3 is 1.34 bits per heavy atom. The van der Waals surface area contributed by atoms with Crippen LogP contribution in [0.5, 0.6) is 5.75 Å². The number of carbonyl (C=O) groups excluding carboxylic acids is 1. The molecule has 0 aliphatic heterocycles. The second kappa shape index (κ2) is 32.4. The molecule has 0 bridgehead atoms. The van der Waals surface area contributed by atoms with Gasteiger partial charge in [0.05, 0.1) is 111 Å². The number of nitrogens with two attached hydrogens (primary N) is 1. The number of unbranched alkanes of at least 4 members (excludes halogenated alkanes) is 4. The summed E-state index contributed by atoms with van der Waals surface area (Å²) in [6.07, 6.45) is 6.08. The van der Waals surface area contributed by atoms with Crippen LogP contribution in [0.4, 0.5) is 5.69 Å². The number of nitrogen functional groups attached to an aromatic ring is 1. The summed E-state index contributed by atoms with van der Waals surface area (Å²) in [7, 11) is 0. The van der Waals surface area contributed by atoms with Crippen LogP contribution in [0.1, 0.15) is 45.4 Å². The van der Waals surface area contributed by atoms with Crippen LogP contribution in [0.25, 0.3) is 0 Å². The van der Waals surface area contributed by atoms with Crippen molar-refractivity contribution in [3.63, 3.8) is 0 Å². The van der Waals surface area contributed by atoms with Gasteiger partial charge in [-0.2, -0.15) is 0 Å². The van der Waals surface area contributed by atoms with Crippen LogP contribution < -0.4 is 10.5 Å². The minimum Gasteiger partial charge on any atom is -0.489 e. The zero-order valence-electron chi connectivity index (χ0n) is 26.8. The Morgan fingerprint density at radius 1 is 0.523 bits per heavy atom. The van der Waals surface area contributed by atoms with Crippen LogP contribution >= 0.6 is 0 Å². The molecule has 0 spiro atoms. The minimum absolute atomic E-state index is 0.147. The SMILES string of the molecule is CCCCCCCC(=O)OCCOCCOCCOCCOCCOCCOCCOCCOCCOc1ccccc1N. The normalized spacial score (nSPS) is 11.2. The number of hydrogen-bond donors (Lipinski definition) is 1. The van der Waals surface area contributed by atoms with Gasteiger partial charge < -0.3 is 53.1 Å². The van der Waals surface area contributed by atoms with E-state index in [1.165, 1.54) is 19.3 Å². The van der Waals surface area contributed by atoms with Crippen molar-refractivity contribution in [2.24, 2.45) is 0 Å². The quantitative estimate of drug-likeness (QED) is 0.0675. The summed E-state index contributed by atoms with van der Waals surface area (Å²) in [5.74, 6) is 0.520. The second-order valence-corrected chi connectivity index (χ2v) is 9.67. The van der Waals surface area contributed by atoms with Gasteiger partial charge >= 0.3 is 5.97 Å². The molecule has 0 radical (unpaired) electrons. The molecule has 0 aliphatic rings. The zero-order valence-corrected chi connectivity index (χ0v) is 26.8. The van der Waals surface area contributed by atoms with E-state index in [-0.39, 0.29) is 12.6 Å². The van der Waals surface area contributed by atoms with Crippen LogP contribution in [-0.4, -0.2) is 125 Å². The van der Waals surface area contributed by atoms with Crippen LogP contribution in [0.3, 0.4) is 0 Å². The average molecular weight is 632 g/mol. The van der Waals surface area contributed by atoms with Gasteiger partial charge in [0, 0.05) is 6.42 Å². The molecule has 12 nitrogen and oxygen atoms in total. The molecular weight excluding hydrogens is 574 g/mol. The first-order valence-electron chi connectivity index (χ1n) is 16.0. The van der Waals surface area contributed by atoms with Crippen molar-refractivity contribution < 1.29 is 52.2 Å². The molecule has 0 atom stereocenters. The first-order chi connectivity index (χ1) is 21.7. The number of para-hydroxylation sites is 2. The molecule has 1 rings (SSSR count). The minimum atomic E-state index is -0.147. The number of anilines is 1. The Hall–Kier alpha value is -2.03. The smallest absolute Gasteiger partial charge is 0.305 e. The molecule has 0 aromatic heterocycles. The van der Waals surface area contributed by atoms with E-state index in [0.29, 0.717) is 130 Å². The lowest BCUT2D eigenvalue weighted by molar-refractivity contribution is -0.145. The highest BCUT2D eigenvalue weighted by Crippen LogP contribution is 2.19. The van der Waals surface area contributed by atoms with E-state index in [1.54, 1.807) is 6.07 Å². The van der Waals surface area contributed by atoms with Crippen molar-refractivity contribution >= 4 is 11.7 Å². The third kappa shape index (κ3) is 27.5. The van der Waals surface area contributed by atoms with Crippen LogP contribution in [0.2, 0.25) is 0 Å². The van der Waals surface area contributed by atoms with Crippen molar-refractivity contribution in [1.29, 1.82) is 0 Å². The van der Waals surface area contributed by atoms with Crippen LogP contribution in [-0.2, 0) is 47.4 Å². The van der Waals surface area contributed by atoms with E-state index < -0.39 is 0 Å². The van der Waals surface area contributed by atoms with Crippen molar-refractivity contribution in [3.8, 4) is 5.75 Å². The molecule has 44 heavy (non-hydrogen) atoms. The molecule has 0 fully saturated rings. The van der Waals surface area contributed by atoms with Gasteiger partial charge in [0.25, 0.3) is 0 Å². The maximum Gasteiger partial charge on any atom is 0.305 e. The maximum absolute atomic E-state index is 11.6. The van der Waals surface area contributed by atoms with Crippen molar-refractivity contribution in [1.82, 2.24) is 0 Å². The molecule has 1 aromatic carbocycles. The van der Waals surface area contributed by atoms with E-state index >= 15 is 0 Å². The Balaban J connectivity index is 1.66. The Bertz CT molecular complexity index is 757. The first kappa shape index (κ1) is 40.0. The molecule has 0 amide bonds. The van der Waals surface area contributed by atoms with Gasteiger partial charge in [-0.05, 0) is 18.6 Å². The highest BCUT2D eigenvalue weighted by molar-refractivity contribution is 5.69. The molecular formula is C32H57NO11. The highest BCUT2D eigenvalue weighted by atomic mass is 16.6. The van der Waals surface area contributed by atoms with Crippen molar-refractivity contribution in [2.75, 3.05) is 125 Å². The average Bonchev–Trinajstić information content (AvgIpc) is 3.03. The maximum atomic E-state index is 11.6. The highest BCUT2D eigenvalue weighted by Gasteiger charge is 2.02. The fourth-order valence-corrected chi connectivity index (χ4v) is 3.62. The summed E-state index contributed by atoms with van der Waals surface area (Å²) < 4.78 is 54.4. The lowest BCUT2D eigenvalue weighted by Crippen LogP contribution is -2.15. The topological polar surface area (TPSA) is 135 Å². The van der Waals surface area contributed by atoms with Gasteiger partial charge in [0.2, 0.25) is 0 Å². The number of hydrogen-bond acceptors (Lipinski definition) is 12. The van der Waals surface area contributed by atoms with Gasteiger partial charge in [-0.25, -0.2) is 0 Å². The predicted molar refractivity (Wildman–Crippen MR) is 167 cm³/mol. The second-order valence-electron chi connectivity index (χ2n) is 9.67. The third-order valence-electron chi connectivity index (χ3n) is 5.98. The molecule has 2 N–H and O–H groups in total. The number of esters is 1. The largest absolute Gasteiger partial charge is 0.489 e. The summed E-state index contributed by atoms with van der Waals surface area (Å²) in [6.45, 7) is 10.6. The van der Waals surface area contributed by atoms with Gasteiger partial charge in [-0.3, -0.25) is 4.79 Å². The summed E-state index contributed by atoms with van der Waals surface area (Å²) >= 11 is 0. The van der Waals surface area contributed by atoms with Crippen molar-refractivity contribution in [3.05, 3.63) is 24.3 Å². The summed E-state index contributed by atoms with van der Waals surface area (Å²) in [5, 5.41) is 0. The monoisotopic (exact) mass is 631 g/mol. The Morgan fingerprint density at radius 2 is 0.909 bits per heavy atom. The van der Waals surface area contributed by atoms with Gasteiger partial charge in [0.15, 0.2) is 0 Å². The Labute approximate surface area is 264 Å². The van der Waals surface area contributed by atoms with Crippen molar-refractivity contribution in [2.45, 2.75) is 45.4 Å². The van der Waals surface area contributed by atoms with E-state index in [4.69, 9.17) is 53.1 Å². The number of benzene rings is 1. The molecule has 0 aliphatic carbocycles. The van der Waals surface area contributed by atoms with E-state index in [0.717, 1.165) is 12.8 Å². The fourth-order valence-electron chi connectivity index (χ4n) is 3.62. The predicted octanol–water partition coefficient (Wildman–Crippen LogP) is 3.68. The first-order valence-corrected chi connectivity index (χ1v) is 16.0. The molecule has 0 heterocycles. The Kier molecular flexibility index (Phi) is 29.4. The van der Waals surface area contributed by atoms with Gasteiger partial charge in [0.1, 0.15) is 19.0 Å². The standard InChI is InChI=1S/C32H57NO11/c1-2-3-4-5-6-11-32(34)44-29-27-42-25-23-40-21-19-38-17-15-36-13-12-35-14-16-37-18-20-39-22-24-41-26-28-43-31-10-8-7-9-30(31)33/h7-10H,2-6,11-29,33H2,1H3. The molecule has 0 saturated heterocycles. The summed E-state index contributed by atoms with van der Waals surface area (Å²) in [6, 6.07) is 7.37. The van der Waals surface area contributed by atoms with Crippen LogP contribution in [0, 0.1) is 0 Å². The van der Waals surface area contributed by atoms with E-state index in [1.807, 2.05) is 18.2 Å². The lowest BCUT2D eigenvalue weighted by Gasteiger charge is -2.09. The van der Waals surface area contributed by atoms with E-state index in [9.17, 15) is 4.79 Å². The van der Waals surface area contributed by atoms with E-state index in [2.05, 4.69) is 6.92 Å². The van der Waals surface area contributed by atoms with Gasteiger partial charge in [-0.1, -0.05) is 44.7 Å². The molecule has 0 unspecified atom stereocenters. The number of ether oxygens (including phenoxy) is 10. The van der Waals surface area contributed by atoms with Crippen LogP contribution in [0.15, 0.2) is 24.3 Å².